The number of nitrogens with zero attached hydrogens (tertiary/aromatic N) is 3. The number of fused-ring (bicyclic) bond motifs is 5. The first-order valence-corrected chi connectivity index (χ1v) is 21.1. The van der Waals surface area contributed by atoms with Crippen LogP contribution in [0.5, 0.6) is 5.88 Å². The van der Waals surface area contributed by atoms with Gasteiger partial charge in [-0.1, -0.05) is 55.3 Å². The number of benzene rings is 2. The van der Waals surface area contributed by atoms with Gasteiger partial charge in [-0.15, -0.1) is 0 Å². The number of ketones is 1. The molecule has 2 aromatic carbocycles. The molecule has 12 nitrogen and oxygen atoms in total. The molecule has 15 heteroatoms. The fourth-order valence-electron chi connectivity index (χ4n) is 8.02. The van der Waals surface area contributed by atoms with Crippen molar-refractivity contribution in [2.24, 2.45) is 11.3 Å². The molecule has 3 fully saturated rings. The number of ether oxygens (including phenoxy) is 1. The maximum atomic E-state index is 15.5. The molecule has 0 radical (unpaired) electrons. The summed E-state index contributed by atoms with van der Waals surface area (Å²) in [6, 6.07) is 11.5. The van der Waals surface area contributed by atoms with Crippen LogP contribution in [-0.2, 0) is 24.4 Å². The zero-order chi connectivity index (χ0) is 38.5. The molecule has 2 aliphatic heterocycles. The van der Waals surface area contributed by atoms with Gasteiger partial charge in [0.05, 0.1) is 33.7 Å². The van der Waals surface area contributed by atoms with Gasteiger partial charge in [-0.2, -0.15) is 0 Å². The number of aromatic nitrogens is 2. The van der Waals surface area contributed by atoms with E-state index in [-0.39, 0.29) is 43.0 Å². The molecule has 4 heterocycles. The number of rotatable bonds is 7. The van der Waals surface area contributed by atoms with E-state index in [1.54, 1.807) is 31.2 Å². The van der Waals surface area contributed by atoms with Crippen LogP contribution in [0.3, 0.4) is 0 Å². The van der Waals surface area contributed by atoms with Gasteiger partial charge in [0.15, 0.2) is 5.78 Å². The van der Waals surface area contributed by atoms with Gasteiger partial charge >= 0.3 is 0 Å². The summed E-state index contributed by atoms with van der Waals surface area (Å²) in [6.45, 7) is 1.53. The van der Waals surface area contributed by atoms with E-state index in [1.807, 2.05) is 30.4 Å². The van der Waals surface area contributed by atoms with Crippen LogP contribution >= 0.6 is 11.5 Å². The number of para-hydroxylation sites is 1. The van der Waals surface area contributed by atoms with Crippen LogP contribution in [-0.4, -0.2) is 75.7 Å². The third-order valence-corrected chi connectivity index (χ3v) is 14.6. The minimum absolute atomic E-state index is 0.0130. The maximum Gasteiger partial charge on any atom is 0.263 e. The number of hydrogen-bond donors (Lipinski definition) is 2. The number of amides is 3. The summed E-state index contributed by atoms with van der Waals surface area (Å²) in [7, 11) is -3.98. The number of Topliss-reactive ketones (excluding diaryl/α,β-unsaturated/α-hetero) is 1. The van der Waals surface area contributed by atoms with Gasteiger partial charge in [0.2, 0.25) is 27.7 Å². The Kier molecular flexibility index (Phi) is 9.73. The average molecular weight is 788 g/mol. The molecule has 2 aliphatic carbocycles. The second kappa shape index (κ2) is 14.4. The lowest BCUT2D eigenvalue weighted by molar-refractivity contribution is -0.140. The molecule has 2 aromatic heterocycles. The molecule has 4 aliphatic rings. The number of carbonyl (C=O) groups is 4. The van der Waals surface area contributed by atoms with Crippen LogP contribution in [0.4, 0.5) is 4.39 Å². The van der Waals surface area contributed by atoms with Gasteiger partial charge in [0.25, 0.3) is 5.91 Å². The molecule has 55 heavy (non-hydrogen) atoms. The van der Waals surface area contributed by atoms with Gasteiger partial charge in [-0.05, 0) is 86.5 Å². The van der Waals surface area contributed by atoms with Crippen LogP contribution in [0, 0.1) is 17.2 Å². The van der Waals surface area contributed by atoms with Gasteiger partial charge in [0, 0.05) is 24.4 Å². The number of hydrogen-bond acceptors (Lipinski definition) is 10. The fourth-order valence-corrected chi connectivity index (χ4v) is 9.86. The molecule has 8 rings (SSSR count). The smallest absolute Gasteiger partial charge is 0.263 e. The first-order valence-electron chi connectivity index (χ1n) is 18.8. The van der Waals surface area contributed by atoms with E-state index in [4.69, 9.17) is 4.74 Å². The largest absolute Gasteiger partial charge is 0.472 e. The Balaban J connectivity index is 1.14. The Bertz CT molecular complexity index is 2330. The highest BCUT2D eigenvalue weighted by atomic mass is 32.2. The summed E-state index contributed by atoms with van der Waals surface area (Å²) >= 11 is 1.00. The van der Waals surface area contributed by atoms with E-state index >= 15 is 4.39 Å². The molecule has 288 valence electrons. The normalized spacial score (nSPS) is 27.3. The van der Waals surface area contributed by atoms with Crippen molar-refractivity contribution in [2.45, 2.75) is 94.1 Å². The number of sulfonamides is 1. The first-order chi connectivity index (χ1) is 26.4. The van der Waals surface area contributed by atoms with E-state index in [1.165, 1.54) is 17.2 Å². The van der Waals surface area contributed by atoms with Crippen molar-refractivity contribution in [1.29, 1.82) is 0 Å². The molecule has 0 spiro atoms. The molecule has 0 unspecified atom stereocenters. The lowest BCUT2D eigenvalue weighted by Crippen LogP contribution is -2.52. The zero-order valence-electron chi connectivity index (χ0n) is 30.3. The summed E-state index contributed by atoms with van der Waals surface area (Å²) < 4.78 is 53.6. The van der Waals surface area contributed by atoms with Crippen LogP contribution in [0.2, 0.25) is 0 Å². The van der Waals surface area contributed by atoms with Crippen molar-refractivity contribution in [3.8, 4) is 5.88 Å². The standard InChI is InChI=1S/C40H42FN5O7S2/c1-39(17-18-39)55(51,52)45-38(50)40-21-24(40)10-5-3-2-4-6-15-30(43-35(48)33-16-19-42-54-33)37(49)46-23-25(20-31(46)32(47)22-40)53-36-34-27(12-9-13-28(34)41)26-11-7-8-14-29(26)44-36/h5,7-14,16,19,24-25,30-31H,2-4,6,15,17-18,20-23H2,1H3,(H,43,48)(H,45,50)/b10-5-/t24-,25-,30+,31+,40-/m1/s1. The van der Waals surface area contributed by atoms with E-state index in [0.29, 0.717) is 47.9 Å². The predicted molar refractivity (Wildman–Crippen MR) is 204 cm³/mol. The second-order valence-electron chi connectivity index (χ2n) is 15.5. The van der Waals surface area contributed by atoms with E-state index in [2.05, 4.69) is 19.4 Å². The van der Waals surface area contributed by atoms with Crippen LogP contribution in [0.15, 0.2) is 66.9 Å². The number of nitrogens with one attached hydrogen (secondary N) is 2. The van der Waals surface area contributed by atoms with Crippen molar-refractivity contribution in [3.63, 3.8) is 0 Å². The molecule has 0 bridgehead atoms. The molecule has 4 aromatic rings. The Morgan fingerprint density at radius 2 is 1.84 bits per heavy atom. The molecule has 2 saturated carbocycles. The summed E-state index contributed by atoms with van der Waals surface area (Å²) in [5.74, 6) is -2.94. The van der Waals surface area contributed by atoms with Crippen molar-refractivity contribution in [3.05, 3.63) is 77.6 Å². The van der Waals surface area contributed by atoms with Crippen molar-refractivity contribution >= 4 is 66.7 Å². The Labute approximate surface area is 322 Å². The molecular formula is C40H42FN5O7S2. The third kappa shape index (κ3) is 7.12. The Hall–Kier alpha value is -4.76. The van der Waals surface area contributed by atoms with Gasteiger partial charge in [0.1, 0.15) is 22.8 Å². The van der Waals surface area contributed by atoms with E-state index < -0.39 is 67.7 Å². The maximum absolute atomic E-state index is 15.5. The Morgan fingerprint density at radius 1 is 1.04 bits per heavy atom. The molecule has 5 atom stereocenters. The number of carbonyl (C=O) groups excluding carboxylic acids is 4. The van der Waals surface area contributed by atoms with Gasteiger partial charge in [-0.25, -0.2) is 22.2 Å². The highest BCUT2D eigenvalue weighted by Gasteiger charge is 2.62. The highest BCUT2D eigenvalue weighted by molar-refractivity contribution is 7.91. The van der Waals surface area contributed by atoms with Gasteiger partial charge in [-0.3, -0.25) is 23.9 Å². The lowest BCUT2D eigenvalue weighted by atomic mass is 9.91. The average Bonchev–Trinajstić information content (AvgIpc) is 3.91. The highest BCUT2D eigenvalue weighted by Crippen LogP contribution is 2.57. The quantitative estimate of drug-likeness (QED) is 0.179. The summed E-state index contributed by atoms with van der Waals surface area (Å²) in [5, 5.41) is 4.39. The molecule has 1 saturated heterocycles. The Morgan fingerprint density at radius 3 is 2.62 bits per heavy atom. The fraction of sp³-hybridized carbons (Fsp3) is 0.450. The van der Waals surface area contributed by atoms with Crippen LogP contribution < -0.4 is 14.8 Å². The van der Waals surface area contributed by atoms with Gasteiger partial charge < -0.3 is 15.0 Å². The second-order valence-corrected chi connectivity index (χ2v) is 18.6. The van der Waals surface area contributed by atoms with Crippen molar-refractivity contribution in [1.82, 2.24) is 24.3 Å². The minimum atomic E-state index is -3.98. The number of allylic oxidation sites excluding steroid dienone is 2. The summed E-state index contributed by atoms with van der Waals surface area (Å²) in [4.78, 5) is 62.8. The summed E-state index contributed by atoms with van der Waals surface area (Å²) in [6.07, 6.45) is 8.67. The molecule has 3 amide bonds. The monoisotopic (exact) mass is 787 g/mol. The lowest BCUT2D eigenvalue weighted by Gasteiger charge is -2.29. The van der Waals surface area contributed by atoms with Crippen LogP contribution in [0.25, 0.3) is 21.7 Å². The van der Waals surface area contributed by atoms with Crippen LogP contribution in [0.1, 0.15) is 80.8 Å². The SMILES string of the molecule is CC1(S(=O)(=O)NC(=O)[C@]23CC(=O)[C@@H]4C[C@@H](Oc5nc6ccccc6c6cccc(F)c56)CN4C(=O)[C@@H](NC(=O)c4ccns4)CCCCC/C=C\[C@@H]2C3)CC1. The number of pyridine rings is 1. The van der Waals surface area contributed by atoms with Crippen molar-refractivity contribution < 1.29 is 36.7 Å². The number of halogens is 1. The summed E-state index contributed by atoms with van der Waals surface area (Å²) in [5.41, 5.74) is -0.726. The van der Waals surface area contributed by atoms with Crippen molar-refractivity contribution in [2.75, 3.05) is 6.54 Å². The predicted octanol–water partition coefficient (Wildman–Crippen LogP) is 5.61. The molecule has 2 N–H and O–H groups in total. The first kappa shape index (κ1) is 37.2. The third-order valence-electron chi connectivity index (χ3n) is 11.7. The topological polar surface area (TPSA) is 165 Å². The minimum Gasteiger partial charge on any atom is -0.472 e. The zero-order valence-corrected chi connectivity index (χ0v) is 32.0. The molecular weight excluding hydrogens is 746 g/mol. The van der Waals surface area contributed by atoms with E-state index in [9.17, 15) is 27.6 Å². The van der Waals surface area contributed by atoms with E-state index in [0.717, 1.165) is 29.8 Å².